The fraction of sp³-hybridized carbons (Fsp3) is 0.423. The average Bonchev–Trinajstić information content (AvgIpc) is 2.77. The van der Waals surface area contributed by atoms with Gasteiger partial charge in [-0.15, -0.1) is 0 Å². The van der Waals surface area contributed by atoms with Crippen LogP contribution in [0.1, 0.15) is 62.1 Å². The lowest BCUT2D eigenvalue weighted by Crippen LogP contribution is -2.20. The lowest BCUT2D eigenvalue weighted by Gasteiger charge is -2.27. The number of phenols is 1. The smallest absolute Gasteiger partial charge is 0.174 e. The highest BCUT2D eigenvalue weighted by Gasteiger charge is 2.31. The first-order chi connectivity index (χ1) is 15.3. The van der Waals surface area contributed by atoms with Crippen molar-refractivity contribution in [2.45, 2.75) is 46.1 Å². The predicted octanol–water partition coefficient (Wildman–Crippen LogP) is 5.88. The van der Waals surface area contributed by atoms with Crippen LogP contribution >= 0.6 is 0 Å². The Kier molecular flexibility index (Phi) is 7.67. The molecule has 1 aliphatic rings. The normalized spacial score (nSPS) is 15.9. The van der Waals surface area contributed by atoms with Gasteiger partial charge < -0.3 is 24.1 Å². The van der Waals surface area contributed by atoms with Gasteiger partial charge in [-0.25, -0.2) is 0 Å². The number of ether oxygens (including phenoxy) is 4. The van der Waals surface area contributed by atoms with Crippen molar-refractivity contribution in [3.05, 3.63) is 53.1 Å². The Morgan fingerprint density at radius 2 is 1.97 bits per heavy atom. The van der Waals surface area contributed by atoms with Gasteiger partial charge >= 0.3 is 0 Å². The molecule has 1 heterocycles. The summed E-state index contributed by atoms with van der Waals surface area (Å²) in [4.78, 5) is 12.7. The van der Waals surface area contributed by atoms with Crippen molar-refractivity contribution in [1.29, 1.82) is 0 Å². The minimum absolute atomic E-state index is 0.119. The quantitative estimate of drug-likeness (QED) is 0.491. The molecule has 0 fully saturated rings. The SMILES string of the molecule is COc1cc(O)c2c(c1)OC(c1ccc(OCC=C(C)CCC(C)C)c(OC)c1)CC2=O. The highest BCUT2D eigenvalue weighted by atomic mass is 16.5. The van der Waals surface area contributed by atoms with E-state index >= 15 is 0 Å². The van der Waals surface area contributed by atoms with Crippen LogP contribution in [0.25, 0.3) is 0 Å². The van der Waals surface area contributed by atoms with Crippen molar-refractivity contribution in [2.24, 2.45) is 5.92 Å². The molecule has 6 nitrogen and oxygen atoms in total. The molecule has 6 heteroatoms. The number of rotatable bonds is 9. The maximum Gasteiger partial charge on any atom is 0.174 e. The summed E-state index contributed by atoms with van der Waals surface area (Å²) in [5, 5.41) is 10.2. The second-order valence-electron chi connectivity index (χ2n) is 8.46. The standard InChI is InChI=1S/C26H32O6/c1-16(2)6-7-17(3)10-11-31-22-9-8-18(12-24(22)30-5)23-15-21(28)26-20(27)13-19(29-4)14-25(26)32-23/h8-10,12-14,16,23,27H,6-7,11,15H2,1-5H3. The van der Waals surface area contributed by atoms with Crippen molar-refractivity contribution in [2.75, 3.05) is 20.8 Å². The van der Waals surface area contributed by atoms with Crippen LogP contribution in [-0.2, 0) is 0 Å². The Hall–Kier alpha value is -3.15. The van der Waals surface area contributed by atoms with Gasteiger partial charge in [-0.1, -0.05) is 25.5 Å². The zero-order valence-corrected chi connectivity index (χ0v) is 19.4. The molecular formula is C26H32O6. The molecule has 2 aromatic rings. The molecule has 1 N–H and O–H groups in total. The van der Waals surface area contributed by atoms with Crippen LogP contribution in [0.3, 0.4) is 0 Å². The molecule has 0 radical (unpaired) electrons. The van der Waals surface area contributed by atoms with Crippen LogP contribution in [0, 0.1) is 5.92 Å². The first-order valence-corrected chi connectivity index (χ1v) is 10.9. The van der Waals surface area contributed by atoms with E-state index in [2.05, 4.69) is 26.8 Å². The number of Topliss-reactive ketones (excluding diaryl/α,β-unsaturated/α-hetero) is 1. The Labute approximate surface area is 189 Å². The third kappa shape index (κ3) is 5.55. The van der Waals surface area contributed by atoms with Gasteiger partial charge in [-0.05, 0) is 49.5 Å². The van der Waals surface area contributed by atoms with E-state index in [1.807, 2.05) is 18.2 Å². The lowest BCUT2D eigenvalue weighted by atomic mass is 9.95. The fourth-order valence-electron chi connectivity index (χ4n) is 3.61. The largest absolute Gasteiger partial charge is 0.507 e. The number of aromatic hydroxyl groups is 1. The first kappa shape index (κ1) is 23.5. The third-order valence-corrected chi connectivity index (χ3v) is 5.56. The molecular weight excluding hydrogens is 408 g/mol. The number of hydrogen-bond donors (Lipinski definition) is 1. The molecule has 1 aliphatic heterocycles. The van der Waals surface area contributed by atoms with E-state index in [9.17, 15) is 9.90 Å². The maximum absolute atomic E-state index is 12.7. The first-order valence-electron chi connectivity index (χ1n) is 10.9. The van der Waals surface area contributed by atoms with Gasteiger partial charge in [0.1, 0.15) is 35.5 Å². The predicted molar refractivity (Wildman–Crippen MR) is 123 cm³/mol. The number of fused-ring (bicyclic) bond motifs is 1. The van der Waals surface area contributed by atoms with E-state index in [0.29, 0.717) is 35.5 Å². The summed E-state index contributed by atoms with van der Waals surface area (Å²) >= 11 is 0. The molecule has 0 bridgehead atoms. The van der Waals surface area contributed by atoms with Crippen molar-refractivity contribution in [3.63, 3.8) is 0 Å². The monoisotopic (exact) mass is 440 g/mol. The Balaban J connectivity index is 1.74. The Bertz CT molecular complexity index is 992. The highest BCUT2D eigenvalue weighted by Crippen LogP contribution is 2.43. The molecule has 1 unspecified atom stereocenters. The van der Waals surface area contributed by atoms with Crippen LogP contribution in [0.5, 0.6) is 28.7 Å². The van der Waals surface area contributed by atoms with Gasteiger partial charge in [0.25, 0.3) is 0 Å². The van der Waals surface area contributed by atoms with Gasteiger partial charge in [0.15, 0.2) is 17.3 Å². The molecule has 0 saturated carbocycles. The summed E-state index contributed by atoms with van der Waals surface area (Å²) < 4.78 is 22.7. The maximum atomic E-state index is 12.7. The number of carbonyl (C=O) groups excluding carboxylic acids is 1. The van der Waals surface area contributed by atoms with Gasteiger partial charge in [0, 0.05) is 12.1 Å². The van der Waals surface area contributed by atoms with Crippen LogP contribution in [0.15, 0.2) is 42.0 Å². The van der Waals surface area contributed by atoms with Crippen LogP contribution in [0.4, 0.5) is 0 Å². The van der Waals surface area contributed by atoms with E-state index in [-0.39, 0.29) is 23.5 Å². The molecule has 32 heavy (non-hydrogen) atoms. The summed E-state index contributed by atoms with van der Waals surface area (Å²) in [7, 11) is 3.08. The summed E-state index contributed by atoms with van der Waals surface area (Å²) in [6.07, 6.45) is 3.94. The molecule has 3 rings (SSSR count). The zero-order chi connectivity index (χ0) is 23.3. The number of carbonyl (C=O) groups is 1. The van der Waals surface area contributed by atoms with E-state index in [1.54, 1.807) is 13.2 Å². The van der Waals surface area contributed by atoms with Crippen molar-refractivity contribution >= 4 is 5.78 Å². The summed E-state index contributed by atoms with van der Waals surface area (Å²) in [5.74, 6) is 2.30. The van der Waals surface area contributed by atoms with Crippen molar-refractivity contribution in [3.8, 4) is 28.7 Å². The van der Waals surface area contributed by atoms with Gasteiger partial charge in [-0.2, -0.15) is 0 Å². The van der Waals surface area contributed by atoms with Crippen molar-refractivity contribution in [1.82, 2.24) is 0 Å². The number of allylic oxidation sites excluding steroid dienone is 1. The number of methoxy groups -OCH3 is 2. The average molecular weight is 441 g/mol. The summed E-state index contributed by atoms with van der Waals surface area (Å²) in [6, 6.07) is 8.55. The minimum Gasteiger partial charge on any atom is -0.507 e. The summed E-state index contributed by atoms with van der Waals surface area (Å²) in [5.41, 5.74) is 2.29. The molecule has 0 saturated heterocycles. The number of benzene rings is 2. The minimum atomic E-state index is -0.498. The number of phenolic OH excluding ortho intramolecular Hbond substituents is 1. The van der Waals surface area contributed by atoms with Crippen LogP contribution in [-0.4, -0.2) is 31.7 Å². The van der Waals surface area contributed by atoms with Gasteiger partial charge in [0.2, 0.25) is 0 Å². The molecule has 0 amide bonds. The molecule has 1 atom stereocenters. The topological polar surface area (TPSA) is 74.2 Å². The lowest BCUT2D eigenvalue weighted by molar-refractivity contribution is 0.0844. The second-order valence-corrected chi connectivity index (χ2v) is 8.46. The van der Waals surface area contributed by atoms with Gasteiger partial charge in [-0.3, -0.25) is 4.79 Å². The van der Waals surface area contributed by atoms with Crippen LogP contribution < -0.4 is 18.9 Å². The fourth-order valence-corrected chi connectivity index (χ4v) is 3.61. The highest BCUT2D eigenvalue weighted by molar-refractivity contribution is 6.02. The van der Waals surface area contributed by atoms with E-state index in [4.69, 9.17) is 18.9 Å². The third-order valence-electron chi connectivity index (χ3n) is 5.56. The molecule has 0 spiro atoms. The molecule has 0 aromatic heterocycles. The zero-order valence-electron chi connectivity index (χ0n) is 19.4. The second kappa shape index (κ2) is 10.4. The molecule has 2 aromatic carbocycles. The van der Waals surface area contributed by atoms with Crippen molar-refractivity contribution < 1.29 is 28.8 Å². The molecule has 172 valence electrons. The Morgan fingerprint density at radius 1 is 1.19 bits per heavy atom. The molecule has 0 aliphatic carbocycles. The van der Waals surface area contributed by atoms with Crippen LogP contribution in [0.2, 0.25) is 0 Å². The van der Waals surface area contributed by atoms with E-state index < -0.39 is 6.10 Å². The number of hydrogen-bond acceptors (Lipinski definition) is 6. The van der Waals surface area contributed by atoms with Gasteiger partial charge in [0.05, 0.1) is 20.6 Å². The van der Waals surface area contributed by atoms with E-state index in [0.717, 1.165) is 18.4 Å². The summed E-state index contributed by atoms with van der Waals surface area (Å²) in [6.45, 7) is 7.02. The Morgan fingerprint density at radius 3 is 2.66 bits per heavy atom. The number of ketones is 1. The van der Waals surface area contributed by atoms with E-state index in [1.165, 1.54) is 18.7 Å².